The third-order valence-electron chi connectivity index (χ3n) is 3.23. The third-order valence-corrected chi connectivity index (χ3v) is 4.43. The molecule has 1 saturated carbocycles. The van der Waals surface area contributed by atoms with Crippen LogP contribution in [0.4, 0.5) is 5.69 Å². The van der Waals surface area contributed by atoms with Crippen LogP contribution >= 0.6 is 22.9 Å². The van der Waals surface area contributed by atoms with Gasteiger partial charge in [0.1, 0.15) is 5.69 Å². The molecule has 106 valence electrons. The highest BCUT2D eigenvalue weighted by molar-refractivity contribution is 7.11. The summed E-state index contributed by atoms with van der Waals surface area (Å²) in [4.78, 5) is 17.6. The molecule has 1 aliphatic rings. The zero-order chi connectivity index (χ0) is 14.1. The fraction of sp³-hybridized carbons (Fsp3) is 0.462. The first-order valence-corrected chi connectivity index (χ1v) is 7.73. The molecule has 0 amide bonds. The first kappa shape index (κ1) is 13.6. The summed E-state index contributed by atoms with van der Waals surface area (Å²) in [6.45, 7) is 3.19. The molecule has 0 spiro atoms. The van der Waals surface area contributed by atoms with Crippen LogP contribution in [-0.2, 0) is 13.1 Å². The first-order valence-electron chi connectivity index (χ1n) is 6.54. The Hall–Kier alpha value is -1.40. The maximum Gasteiger partial charge on any atom is 0.291 e. The maximum absolute atomic E-state index is 12.3. The number of hydrogen-bond acceptors (Lipinski definition) is 5. The van der Waals surface area contributed by atoms with Gasteiger partial charge in [-0.25, -0.2) is 9.67 Å². The van der Waals surface area contributed by atoms with Gasteiger partial charge in [-0.2, -0.15) is 5.10 Å². The molecular weight excluding hydrogens is 296 g/mol. The van der Waals surface area contributed by atoms with Crippen molar-refractivity contribution in [2.75, 3.05) is 5.32 Å². The number of nitrogens with zero attached hydrogens (tertiary/aromatic N) is 3. The lowest BCUT2D eigenvalue weighted by molar-refractivity contribution is 0.534. The van der Waals surface area contributed by atoms with Crippen LogP contribution in [-0.4, -0.2) is 14.8 Å². The van der Waals surface area contributed by atoms with E-state index in [1.165, 1.54) is 23.7 Å². The van der Waals surface area contributed by atoms with Crippen LogP contribution in [0.5, 0.6) is 0 Å². The molecule has 0 unspecified atom stereocenters. The minimum atomic E-state index is -0.148. The van der Waals surface area contributed by atoms with Gasteiger partial charge in [0.2, 0.25) is 0 Å². The molecule has 0 radical (unpaired) electrons. The van der Waals surface area contributed by atoms with E-state index in [1.807, 2.05) is 13.1 Å². The Labute approximate surface area is 125 Å². The molecule has 5 nitrogen and oxygen atoms in total. The van der Waals surface area contributed by atoms with E-state index in [0.717, 1.165) is 9.88 Å². The van der Waals surface area contributed by atoms with Gasteiger partial charge in [0.15, 0.2) is 0 Å². The molecule has 20 heavy (non-hydrogen) atoms. The topological polar surface area (TPSA) is 59.8 Å². The Morgan fingerprint density at radius 1 is 1.50 bits per heavy atom. The first-order chi connectivity index (χ1) is 9.63. The van der Waals surface area contributed by atoms with E-state index in [-0.39, 0.29) is 5.56 Å². The van der Waals surface area contributed by atoms with Gasteiger partial charge in [-0.05, 0) is 25.7 Å². The second-order valence-corrected chi connectivity index (χ2v) is 6.72. The molecular formula is C13H15ClN4OS. The van der Waals surface area contributed by atoms with Crippen LogP contribution in [0.2, 0.25) is 5.02 Å². The molecule has 1 aliphatic carbocycles. The van der Waals surface area contributed by atoms with Crippen LogP contribution in [0.15, 0.2) is 17.2 Å². The monoisotopic (exact) mass is 310 g/mol. The van der Waals surface area contributed by atoms with Crippen molar-refractivity contribution in [1.82, 2.24) is 14.8 Å². The van der Waals surface area contributed by atoms with Crippen molar-refractivity contribution < 1.29 is 0 Å². The van der Waals surface area contributed by atoms with Crippen molar-refractivity contribution in [2.24, 2.45) is 5.92 Å². The summed E-state index contributed by atoms with van der Waals surface area (Å²) in [7, 11) is 0. The number of rotatable bonds is 5. The van der Waals surface area contributed by atoms with Crippen molar-refractivity contribution in [3.05, 3.63) is 37.7 Å². The Bertz CT molecular complexity index is 677. The molecule has 0 atom stereocenters. The zero-order valence-electron chi connectivity index (χ0n) is 11.1. The molecule has 0 bridgehead atoms. The van der Waals surface area contributed by atoms with Crippen molar-refractivity contribution in [3.63, 3.8) is 0 Å². The van der Waals surface area contributed by atoms with Gasteiger partial charge >= 0.3 is 0 Å². The summed E-state index contributed by atoms with van der Waals surface area (Å²) < 4.78 is 1.50. The SMILES string of the molecule is Cc1ncc(CNc2c(Cl)cnn(CC3CC3)c2=O)s1. The normalized spacial score (nSPS) is 14.5. The quantitative estimate of drug-likeness (QED) is 0.922. The van der Waals surface area contributed by atoms with Gasteiger partial charge in [-0.15, -0.1) is 11.3 Å². The Kier molecular flexibility index (Phi) is 3.76. The fourth-order valence-electron chi connectivity index (χ4n) is 1.97. The standard InChI is InChI=1S/C13H15ClN4OS/c1-8-15-4-10(20-8)5-16-12-11(14)6-17-18(13(12)19)7-9-2-3-9/h4,6,9,16H,2-3,5,7H2,1H3. The van der Waals surface area contributed by atoms with E-state index >= 15 is 0 Å². The average molecular weight is 311 g/mol. The lowest BCUT2D eigenvalue weighted by atomic mass is 10.4. The Balaban J connectivity index is 1.78. The van der Waals surface area contributed by atoms with E-state index in [9.17, 15) is 4.79 Å². The molecule has 2 aromatic rings. The number of hydrogen-bond donors (Lipinski definition) is 1. The molecule has 2 heterocycles. The fourth-order valence-corrected chi connectivity index (χ4v) is 2.89. The number of thiazole rings is 1. The van der Waals surface area contributed by atoms with Gasteiger partial charge in [0.25, 0.3) is 5.56 Å². The van der Waals surface area contributed by atoms with E-state index in [4.69, 9.17) is 11.6 Å². The maximum atomic E-state index is 12.3. The Morgan fingerprint density at radius 3 is 2.95 bits per heavy atom. The second-order valence-electron chi connectivity index (χ2n) is 5.00. The van der Waals surface area contributed by atoms with E-state index in [1.54, 1.807) is 11.3 Å². The zero-order valence-corrected chi connectivity index (χ0v) is 12.7. The molecule has 0 aliphatic heterocycles. The predicted octanol–water partition coefficient (Wildman–Crippen LogP) is 2.68. The molecule has 0 aromatic carbocycles. The molecule has 1 N–H and O–H groups in total. The number of halogens is 1. The van der Waals surface area contributed by atoms with Crippen molar-refractivity contribution in [3.8, 4) is 0 Å². The number of aromatic nitrogens is 3. The molecule has 0 saturated heterocycles. The molecule has 7 heteroatoms. The summed E-state index contributed by atoms with van der Waals surface area (Å²) in [5, 5.41) is 8.58. The minimum absolute atomic E-state index is 0.148. The van der Waals surface area contributed by atoms with Crippen molar-refractivity contribution >= 4 is 28.6 Å². The second kappa shape index (κ2) is 5.54. The van der Waals surface area contributed by atoms with Crippen LogP contribution < -0.4 is 10.9 Å². The number of aryl methyl sites for hydroxylation is 1. The minimum Gasteiger partial charge on any atom is -0.374 e. The number of anilines is 1. The van der Waals surface area contributed by atoms with E-state index in [0.29, 0.717) is 29.7 Å². The predicted molar refractivity (Wildman–Crippen MR) is 80.4 cm³/mol. The highest BCUT2D eigenvalue weighted by atomic mass is 35.5. The molecule has 2 aromatic heterocycles. The van der Waals surface area contributed by atoms with Crippen LogP contribution in [0.1, 0.15) is 22.7 Å². The number of nitrogens with one attached hydrogen (secondary N) is 1. The van der Waals surface area contributed by atoms with Gasteiger partial charge < -0.3 is 5.32 Å². The summed E-state index contributed by atoms with van der Waals surface area (Å²) in [5.41, 5.74) is 0.277. The summed E-state index contributed by atoms with van der Waals surface area (Å²) in [5.74, 6) is 0.596. The van der Waals surface area contributed by atoms with Gasteiger partial charge in [-0.1, -0.05) is 11.6 Å². The van der Waals surface area contributed by atoms with Gasteiger partial charge in [0.05, 0.1) is 22.8 Å². The largest absolute Gasteiger partial charge is 0.374 e. The van der Waals surface area contributed by atoms with Crippen molar-refractivity contribution in [1.29, 1.82) is 0 Å². The van der Waals surface area contributed by atoms with Crippen LogP contribution in [0.25, 0.3) is 0 Å². The van der Waals surface area contributed by atoms with E-state index < -0.39 is 0 Å². The summed E-state index contributed by atoms with van der Waals surface area (Å²) in [6.07, 6.45) is 5.70. The average Bonchev–Trinajstić information content (AvgIpc) is 3.14. The van der Waals surface area contributed by atoms with Crippen LogP contribution in [0, 0.1) is 12.8 Å². The van der Waals surface area contributed by atoms with Gasteiger partial charge in [-0.3, -0.25) is 4.79 Å². The third kappa shape index (κ3) is 3.02. The summed E-state index contributed by atoms with van der Waals surface area (Å²) in [6, 6.07) is 0. The highest BCUT2D eigenvalue weighted by Gasteiger charge is 2.23. The Morgan fingerprint density at radius 2 is 2.30 bits per heavy atom. The highest BCUT2D eigenvalue weighted by Crippen LogP contribution is 2.30. The van der Waals surface area contributed by atoms with E-state index in [2.05, 4.69) is 15.4 Å². The van der Waals surface area contributed by atoms with Gasteiger partial charge in [0, 0.05) is 17.6 Å². The van der Waals surface area contributed by atoms with Crippen molar-refractivity contribution in [2.45, 2.75) is 32.9 Å². The summed E-state index contributed by atoms with van der Waals surface area (Å²) >= 11 is 7.68. The molecule has 1 fully saturated rings. The lowest BCUT2D eigenvalue weighted by Gasteiger charge is -2.09. The smallest absolute Gasteiger partial charge is 0.291 e. The lowest BCUT2D eigenvalue weighted by Crippen LogP contribution is -2.26. The van der Waals surface area contributed by atoms with Crippen LogP contribution in [0.3, 0.4) is 0 Å². The molecule has 3 rings (SSSR count).